The lowest BCUT2D eigenvalue weighted by molar-refractivity contribution is -0.154. The van der Waals surface area contributed by atoms with Gasteiger partial charge in [0.1, 0.15) is 5.75 Å². The minimum absolute atomic E-state index is 0.103. The summed E-state index contributed by atoms with van der Waals surface area (Å²) in [5.74, 6) is 6.20. The number of hydrogen-bond acceptors (Lipinski definition) is 4. The Hall–Kier alpha value is -4.06. The molecular weight excluding hydrogens is 466 g/mol. The largest absolute Gasteiger partial charge is 0.481 e. The Morgan fingerprint density at radius 1 is 0.944 bits per heavy atom. The van der Waals surface area contributed by atoms with Crippen LogP contribution in [0, 0.1) is 43.9 Å². The molecule has 36 heavy (non-hydrogen) atoms. The maximum Gasteiger partial charge on any atom is 0.345 e. The predicted octanol–water partition coefficient (Wildman–Crippen LogP) is 7.13. The molecule has 4 aromatic rings. The van der Waals surface area contributed by atoms with Crippen molar-refractivity contribution in [1.29, 1.82) is 5.26 Å². The van der Waals surface area contributed by atoms with E-state index in [9.17, 15) is 4.79 Å². The normalized spacial score (nSPS) is 11.4. The molecule has 4 nitrogen and oxygen atoms in total. The zero-order chi connectivity index (χ0) is 25.9. The van der Waals surface area contributed by atoms with Gasteiger partial charge in [0.05, 0.1) is 11.6 Å². The molecule has 0 aliphatic rings. The van der Waals surface area contributed by atoms with Crippen molar-refractivity contribution in [3.8, 4) is 28.6 Å². The smallest absolute Gasteiger partial charge is 0.345 e. The van der Waals surface area contributed by atoms with Crippen molar-refractivity contribution in [1.82, 2.24) is 0 Å². The van der Waals surface area contributed by atoms with Crippen LogP contribution in [0.25, 0.3) is 15.0 Å². The van der Waals surface area contributed by atoms with Gasteiger partial charge in [0.2, 0.25) is 0 Å². The van der Waals surface area contributed by atoms with Gasteiger partial charge >= 0.3 is 5.97 Å². The molecule has 0 aliphatic heterocycles. The molecule has 1 atom stereocenters. The van der Waals surface area contributed by atoms with Crippen molar-refractivity contribution in [2.45, 2.75) is 40.2 Å². The lowest BCUT2D eigenvalue weighted by Crippen LogP contribution is -2.29. The molecule has 0 fully saturated rings. The minimum atomic E-state index is -0.983. The second-order valence-corrected chi connectivity index (χ2v) is 11.4. The van der Waals surface area contributed by atoms with E-state index in [4.69, 9.17) is 14.7 Å². The lowest BCUT2D eigenvalue weighted by Gasteiger charge is -2.19. The highest BCUT2D eigenvalue weighted by Gasteiger charge is 2.24. The van der Waals surface area contributed by atoms with E-state index in [0.29, 0.717) is 11.3 Å². The number of nitriles is 1. The number of aryl methyl sites for hydroxylation is 3. The highest BCUT2D eigenvalue weighted by Crippen LogP contribution is 2.45. The highest BCUT2D eigenvalue weighted by atomic mass is 32.2. The third-order valence-corrected chi connectivity index (χ3v) is 7.99. The molecule has 0 spiro atoms. The Balaban J connectivity index is 1.45. The molecule has 0 N–H and O–H groups in total. The van der Waals surface area contributed by atoms with Crippen molar-refractivity contribution in [3.63, 3.8) is 0 Å². The Bertz CT molecular complexity index is 1520. The molecule has 5 heteroatoms. The van der Waals surface area contributed by atoms with E-state index >= 15 is 0 Å². The van der Waals surface area contributed by atoms with Crippen LogP contribution in [0.15, 0.2) is 66.7 Å². The van der Waals surface area contributed by atoms with E-state index in [1.165, 1.54) is 19.9 Å². The summed E-state index contributed by atoms with van der Waals surface area (Å²) in [5.41, 5.74) is 2.31. The minimum Gasteiger partial charge on any atom is -0.481 e. The predicted molar refractivity (Wildman–Crippen MR) is 146 cm³/mol. The summed E-state index contributed by atoms with van der Waals surface area (Å²) in [5, 5.41) is 10.2. The van der Waals surface area contributed by atoms with Gasteiger partial charge in [-0.25, -0.2) is 4.79 Å². The number of hydrogen-bond donors (Lipinski definition) is 0. The van der Waals surface area contributed by atoms with E-state index in [1.807, 2.05) is 13.8 Å². The summed E-state index contributed by atoms with van der Waals surface area (Å²) in [6.07, 6.45) is 0. The zero-order valence-corrected chi connectivity index (χ0v) is 22.0. The van der Waals surface area contributed by atoms with Crippen LogP contribution in [-0.4, -0.2) is 18.2 Å². The number of carbonyl (C=O) groups is 1. The highest BCUT2D eigenvalue weighted by molar-refractivity contribution is 7.45. The first-order chi connectivity index (χ1) is 17.2. The summed E-state index contributed by atoms with van der Waals surface area (Å²) >= 11 is 0. The summed E-state index contributed by atoms with van der Waals surface area (Å²) < 4.78 is 12.8. The standard InChI is InChI=1S/C31H28NO3S/c1-21-16-27(36-23(3)18-26-8-6-7-9-28(26)36)17-22(2)30(21)34-20-29(33)35-31(4,5)15-14-24-10-12-25(19-32)13-11-24/h6-13,16-18H,20H2,1-5H3/q+1. The fourth-order valence-corrected chi connectivity index (χ4v) is 6.51. The molecule has 0 bridgehead atoms. The molecule has 0 radical (unpaired) electrons. The summed E-state index contributed by atoms with van der Waals surface area (Å²) in [4.78, 5) is 15.1. The lowest BCUT2D eigenvalue weighted by atomic mass is 10.1. The van der Waals surface area contributed by atoms with Crippen molar-refractivity contribution in [3.05, 3.63) is 93.9 Å². The topological polar surface area (TPSA) is 59.3 Å². The van der Waals surface area contributed by atoms with Crippen LogP contribution in [-0.2, 0) is 9.53 Å². The van der Waals surface area contributed by atoms with Gasteiger partial charge in [-0.3, -0.25) is 0 Å². The summed E-state index contributed by atoms with van der Waals surface area (Å²) in [6.45, 7) is 9.48. The van der Waals surface area contributed by atoms with Crippen LogP contribution in [0.3, 0.4) is 0 Å². The second-order valence-electron chi connectivity index (χ2n) is 9.20. The molecule has 0 saturated carbocycles. The maximum atomic E-state index is 12.5. The van der Waals surface area contributed by atoms with Crippen LogP contribution in [0.2, 0.25) is 0 Å². The van der Waals surface area contributed by atoms with Gasteiger partial charge in [0.25, 0.3) is 0 Å². The molecule has 0 saturated heterocycles. The van der Waals surface area contributed by atoms with Crippen LogP contribution in [0.1, 0.15) is 41.0 Å². The van der Waals surface area contributed by atoms with Crippen LogP contribution in [0.5, 0.6) is 5.75 Å². The van der Waals surface area contributed by atoms with Gasteiger partial charge < -0.3 is 9.47 Å². The average Bonchev–Trinajstić information content (AvgIpc) is 3.18. The second kappa shape index (κ2) is 10.3. The number of nitrogens with zero attached hydrogens (tertiary/aromatic N) is 1. The van der Waals surface area contributed by atoms with Crippen LogP contribution < -0.4 is 4.74 Å². The number of carbonyl (C=O) groups excluding carboxylic acids is 1. The molecule has 4 rings (SSSR count). The molecule has 1 aromatic heterocycles. The first kappa shape index (κ1) is 25.0. The Labute approximate surface area is 215 Å². The van der Waals surface area contributed by atoms with Crippen molar-refractivity contribution >= 4 is 26.5 Å². The Kier molecular flexibility index (Phi) is 7.15. The number of ether oxygens (including phenoxy) is 2. The van der Waals surface area contributed by atoms with Crippen LogP contribution >= 0.6 is 10.5 Å². The van der Waals surface area contributed by atoms with Gasteiger partial charge in [-0.15, -0.1) is 0 Å². The van der Waals surface area contributed by atoms with Gasteiger partial charge in [-0.05, 0) is 75.2 Å². The number of benzene rings is 3. The SMILES string of the molecule is Cc1cc(-[s+]2c(C)cc3ccccc32)cc(C)c1OCC(=O)OC(C)(C)C#Cc1ccc(C#N)cc1. The molecule has 1 heterocycles. The zero-order valence-electron chi connectivity index (χ0n) is 21.1. The van der Waals surface area contributed by atoms with E-state index in [-0.39, 0.29) is 17.1 Å². The molecular formula is C31H28NO3S+. The quantitative estimate of drug-likeness (QED) is 0.168. The molecule has 3 aromatic carbocycles. The first-order valence-corrected chi connectivity index (χ1v) is 12.9. The third-order valence-electron chi connectivity index (χ3n) is 5.71. The van der Waals surface area contributed by atoms with Gasteiger partial charge in [0, 0.05) is 46.5 Å². The van der Waals surface area contributed by atoms with Gasteiger partial charge in [0.15, 0.2) is 26.7 Å². The van der Waals surface area contributed by atoms with Crippen LogP contribution in [0.4, 0.5) is 0 Å². The number of esters is 1. The molecule has 180 valence electrons. The molecule has 1 unspecified atom stereocenters. The third kappa shape index (κ3) is 5.60. The Morgan fingerprint density at radius 2 is 1.58 bits per heavy atom. The average molecular weight is 495 g/mol. The van der Waals surface area contributed by atoms with E-state index in [2.05, 4.69) is 67.3 Å². The fraction of sp³-hybridized carbons (Fsp3) is 0.226. The van der Waals surface area contributed by atoms with Crippen molar-refractivity contribution in [2.24, 2.45) is 0 Å². The first-order valence-electron chi connectivity index (χ1n) is 11.7. The molecule has 0 amide bonds. The van der Waals surface area contributed by atoms with Gasteiger partial charge in [-0.2, -0.15) is 5.26 Å². The fourth-order valence-electron chi connectivity index (χ4n) is 4.13. The van der Waals surface area contributed by atoms with Gasteiger partial charge in [-0.1, -0.05) is 24.0 Å². The maximum absolute atomic E-state index is 12.5. The monoisotopic (exact) mass is 494 g/mol. The van der Waals surface area contributed by atoms with E-state index < -0.39 is 11.6 Å². The van der Waals surface area contributed by atoms with E-state index in [1.54, 1.807) is 38.1 Å². The molecule has 0 aliphatic carbocycles. The Morgan fingerprint density at radius 3 is 2.25 bits per heavy atom. The van der Waals surface area contributed by atoms with E-state index in [0.717, 1.165) is 16.7 Å². The number of thiophene rings is 1. The summed E-state index contributed by atoms with van der Waals surface area (Å²) in [7, 11) is -0.103. The number of rotatable bonds is 5. The van der Waals surface area contributed by atoms with Crippen molar-refractivity contribution in [2.75, 3.05) is 6.61 Å². The number of fused-ring (bicyclic) bond motifs is 1. The summed E-state index contributed by atoms with van der Waals surface area (Å²) in [6, 6.07) is 24.1. The van der Waals surface area contributed by atoms with Crippen molar-refractivity contribution < 1.29 is 14.3 Å².